The first-order chi connectivity index (χ1) is 14.0. The molecule has 29 heavy (non-hydrogen) atoms. The molecule has 0 fully saturated rings. The Kier molecular flexibility index (Phi) is 7.30. The number of nitrogens with zero attached hydrogens (tertiary/aromatic N) is 2. The van der Waals surface area contributed by atoms with Crippen molar-refractivity contribution in [3.63, 3.8) is 0 Å². The number of rotatable bonds is 9. The van der Waals surface area contributed by atoms with Gasteiger partial charge in [-0.2, -0.15) is 9.36 Å². The van der Waals surface area contributed by atoms with Crippen LogP contribution >= 0.6 is 11.5 Å². The van der Waals surface area contributed by atoms with Crippen molar-refractivity contribution < 1.29 is 13.9 Å². The van der Waals surface area contributed by atoms with Gasteiger partial charge in [-0.15, -0.1) is 0 Å². The van der Waals surface area contributed by atoms with Gasteiger partial charge in [-0.3, -0.25) is 4.79 Å². The molecule has 152 valence electrons. The Bertz CT molecular complexity index is 957. The Morgan fingerprint density at radius 1 is 1.17 bits per heavy atom. The molecule has 2 aromatic carbocycles. The zero-order chi connectivity index (χ0) is 20.6. The summed E-state index contributed by atoms with van der Waals surface area (Å²) in [6.07, 6.45) is 3.68. The van der Waals surface area contributed by atoms with Crippen LogP contribution in [0.15, 0.2) is 42.5 Å². The average Bonchev–Trinajstić information content (AvgIpc) is 3.15. The van der Waals surface area contributed by atoms with Crippen molar-refractivity contribution in [2.75, 3.05) is 6.54 Å². The Morgan fingerprint density at radius 2 is 1.97 bits per heavy atom. The highest BCUT2D eigenvalue weighted by atomic mass is 32.1. The molecule has 0 saturated heterocycles. The summed E-state index contributed by atoms with van der Waals surface area (Å²) in [5.41, 5.74) is 2.38. The summed E-state index contributed by atoms with van der Waals surface area (Å²) in [6.45, 7) is 4.71. The lowest BCUT2D eigenvalue weighted by atomic mass is 10.1. The van der Waals surface area contributed by atoms with E-state index in [-0.39, 0.29) is 11.7 Å². The maximum absolute atomic E-state index is 13.0. The molecule has 0 bridgehead atoms. The number of amides is 1. The average molecular weight is 414 g/mol. The largest absolute Gasteiger partial charge is 0.430 e. The van der Waals surface area contributed by atoms with Crippen LogP contribution in [-0.4, -0.2) is 21.8 Å². The van der Waals surface area contributed by atoms with Crippen molar-refractivity contribution in [2.24, 2.45) is 0 Å². The van der Waals surface area contributed by atoms with E-state index in [2.05, 4.69) is 21.6 Å². The van der Waals surface area contributed by atoms with Crippen molar-refractivity contribution in [3.05, 3.63) is 70.8 Å². The molecule has 0 atom stereocenters. The summed E-state index contributed by atoms with van der Waals surface area (Å²) in [4.78, 5) is 16.7. The van der Waals surface area contributed by atoms with Gasteiger partial charge in [0.15, 0.2) is 5.82 Å². The van der Waals surface area contributed by atoms with Gasteiger partial charge in [0.1, 0.15) is 11.6 Å². The van der Waals surface area contributed by atoms with Crippen LogP contribution in [0.1, 0.15) is 53.5 Å². The zero-order valence-electron chi connectivity index (χ0n) is 16.6. The second-order valence-electron chi connectivity index (χ2n) is 6.83. The summed E-state index contributed by atoms with van der Waals surface area (Å²) in [5.74, 6) is 0.809. The number of ether oxygens (including phenoxy) is 1. The molecule has 0 aliphatic rings. The van der Waals surface area contributed by atoms with Crippen molar-refractivity contribution in [2.45, 2.75) is 39.5 Å². The second kappa shape index (κ2) is 10.1. The molecule has 0 aliphatic carbocycles. The van der Waals surface area contributed by atoms with E-state index in [1.807, 2.05) is 13.0 Å². The Labute approximate surface area is 174 Å². The first-order valence-corrected chi connectivity index (χ1v) is 10.5. The van der Waals surface area contributed by atoms with Crippen LogP contribution in [0.25, 0.3) is 0 Å². The van der Waals surface area contributed by atoms with Gasteiger partial charge in [-0.25, -0.2) is 4.39 Å². The summed E-state index contributed by atoms with van der Waals surface area (Å²) in [7, 11) is 0. The molecule has 3 rings (SSSR count). The summed E-state index contributed by atoms with van der Waals surface area (Å²) >= 11 is 1.15. The number of nitrogens with one attached hydrogen (secondary N) is 1. The van der Waals surface area contributed by atoms with E-state index < -0.39 is 0 Å². The number of halogens is 1. The predicted molar refractivity (Wildman–Crippen MR) is 112 cm³/mol. The van der Waals surface area contributed by atoms with E-state index in [1.54, 1.807) is 24.3 Å². The third-order valence-corrected chi connectivity index (χ3v) is 5.07. The molecule has 0 unspecified atom stereocenters. The molecule has 1 aromatic heterocycles. The molecule has 0 aliphatic heterocycles. The Morgan fingerprint density at radius 3 is 2.72 bits per heavy atom. The number of unbranched alkanes of at least 4 members (excludes halogenated alkanes) is 2. The molecular weight excluding hydrogens is 389 g/mol. The van der Waals surface area contributed by atoms with Gasteiger partial charge in [-0.1, -0.05) is 38.0 Å². The molecule has 0 saturated carbocycles. The second-order valence-corrected chi connectivity index (χ2v) is 7.54. The SMILES string of the molecule is CCCCCNC(=O)c1ccc(C)c(Oc2nc(Cc3ccc(F)cc3)ns2)c1. The lowest BCUT2D eigenvalue weighted by Gasteiger charge is -2.09. The number of aryl methyl sites for hydroxylation is 1. The molecule has 7 heteroatoms. The molecule has 0 spiro atoms. The van der Waals surface area contributed by atoms with Gasteiger partial charge in [0.2, 0.25) is 0 Å². The van der Waals surface area contributed by atoms with E-state index in [4.69, 9.17) is 4.74 Å². The predicted octanol–water partition coefficient (Wildman–Crippen LogP) is 5.29. The summed E-state index contributed by atoms with van der Waals surface area (Å²) in [6, 6.07) is 11.6. The maximum Gasteiger partial charge on any atom is 0.298 e. The Balaban J connectivity index is 1.64. The minimum atomic E-state index is -0.270. The number of benzene rings is 2. The topological polar surface area (TPSA) is 64.1 Å². The third-order valence-electron chi connectivity index (χ3n) is 4.44. The van der Waals surface area contributed by atoms with Crippen molar-refractivity contribution in [1.29, 1.82) is 0 Å². The standard InChI is InChI=1S/C22H24FN3O2S/c1-3-4-5-12-24-21(27)17-9-6-15(2)19(14-17)28-22-25-20(26-29-22)13-16-7-10-18(23)11-8-16/h6-11,14H,3-5,12-13H2,1-2H3,(H,24,27). The van der Waals surface area contributed by atoms with Crippen LogP contribution in [0.5, 0.6) is 10.9 Å². The van der Waals surface area contributed by atoms with Crippen molar-refractivity contribution in [1.82, 2.24) is 14.7 Å². The lowest BCUT2D eigenvalue weighted by Crippen LogP contribution is -2.24. The minimum Gasteiger partial charge on any atom is -0.430 e. The molecular formula is C22H24FN3O2S. The van der Waals surface area contributed by atoms with Gasteiger partial charge in [0, 0.05) is 30.1 Å². The monoisotopic (exact) mass is 413 g/mol. The molecule has 1 N–H and O–H groups in total. The highest BCUT2D eigenvalue weighted by Crippen LogP contribution is 2.28. The summed E-state index contributed by atoms with van der Waals surface area (Å²) < 4.78 is 23.2. The van der Waals surface area contributed by atoms with Crippen LogP contribution in [0, 0.1) is 12.7 Å². The van der Waals surface area contributed by atoms with Crippen LogP contribution in [0.2, 0.25) is 0 Å². The number of aromatic nitrogens is 2. The Hall–Kier alpha value is -2.80. The van der Waals surface area contributed by atoms with Crippen LogP contribution in [0.3, 0.4) is 0 Å². The lowest BCUT2D eigenvalue weighted by molar-refractivity contribution is 0.0952. The highest BCUT2D eigenvalue weighted by molar-refractivity contribution is 7.07. The van der Waals surface area contributed by atoms with Crippen molar-refractivity contribution in [3.8, 4) is 10.9 Å². The fourth-order valence-corrected chi connectivity index (χ4v) is 3.32. The van der Waals surface area contributed by atoms with Gasteiger partial charge < -0.3 is 10.1 Å². The number of carbonyl (C=O) groups is 1. The molecule has 1 amide bonds. The molecule has 3 aromatic rings. The first-order valence-electron chi connectivity index (χ1n) is 9.69. The zero-order valence-corrected chi connectivity index (χ0v) is 17.4. The normalized spacial score (nSPS) is 10.7. The fourth-order valence-electron chi connectivity index (χ4n) is 2.76. The fraction of sp³-hybridized carbons (Fsp3) is 0.318. The van der Waals surface area contributed by atoms with Gasteiger partial charge in [0.25, 0.3) is 11.1 Å². The van der Waals surface area contributed by atoms with E-state index in [0.717, 1.165) is 41.9 Å². The number of carbonyl (C=O) groups excluding carboxylic acids is 1. The molecule has 5 nitrogen and oxygen atoms in total. The summed E-state index contributed by atoms with van der Waals surface area (Å²) in [5, 5.41) is 3.34. The number of hydrogen-bond donors (Lipinski definition) is 1. The van der Waals surface area contributed by atoms with E-state index in [9.17, 15) is 9.18 Å². The minimum absolute atomic E-state index is 0.111. The van der Waals surface area contributed by atoms with Gasteiger partial charge in [-0.05, 0) is 48.7 Å². The van der Waals surface area contributed by atoms with E-state index in [0.29, 0.717) is 35.3 Å². The highest BCUT2D eigenvalue weighted by Gasteiger charge is 2.12. The quantitative estimate of drug-likeness (QED) is 0.484. The van der Waals surface area contributed by atoms with Crippen LogP contribution in [0.4, 0.5) is 4.39 Å². The number of hydrogen-bond acceptors (Lipinski definition) is 5. The van der Waals surface area contributed by atoms with Crippen molar-refractivity contribution >= 4 is 17.4 Å². The van der Waals surface area contributed by atoms with Crippen LogP contribution in [-0.2, 0) is 6.42 Å². The van der Waals surface area contributed by atoms with Gasteiger partial charge in [0.05, 0.1) is 0 Å². The van der Waals surface area contributed by atoms with E-state index >= 15 is 0 Å². The van der Waals surface area contributed by atoms with E-state index in [1.165, 1.54) is 12.1 Å². The van der Waals surface area contributed by atoms with Crippen LogP contribution < -0.4 is 10.1 Å². The maximum atomic E-state index is 13.0. The third kappa shape index (κ3) is 6.09. The molecule has 0 radical (unpaired) electrons. The van der Waals surface area contributed by atoms with Gasteiger partial charge >= 0.3 is 0 Å². The molecule has 1 heterocycles. The smallest absolute Gasteiger partial charge is 0.298 e. The first kappa shape index (κ1) is 20.9.